The fraction of sp³-hybridized carbons (Fsp3) is 0.357. The van der Waals surface area contributed by atoms with E-state index in [0.717, 1.165) is 12.0 Å². The maximum atomic E-state index is 12.1. The van der Waals surface area contributed by atoms with E-state index in [-0.39, 0.29) is 6.47 Å². The predicted octanol–water partition coefficient (Wildman–Crippen LogP) is 1.81. The first-order valence-corrected chi connectivity index (χ1v) is 5.85. The molecule has 4 heteroatoms. The average molecular weight is 246 g/mol. The Kier molecular flexibility index (Phi) is 3.28. The van der Waals surface area contributed by atoms with Crippen molar-refractivity contribution in [2.24, 2.45) is 5.92 Å². The van der Waals surface area contributed by atoms with Gasteiger partial charge in [-0.1, -0.05) is 32.0 Å². The number of carbonyl (C=O) groups excluding carboxylic acids is 3. The van der Waals surface area contributed by atoms with Crippen LogP contribution in [0.15, 0.2) is 18.2 Å². The van der Waals surface area contributed by atoms with E-state index in [1.54, 1.807) is 12.1 Å². The highest BCUT2D eigenvalue weighted by Crippen LogP contribution is 2.28. The summed E-state index contributed by atoms with van der Waals surface area (Å²) in [6.45, 7) is 4.23. The van der Waals surface area contributed by atoms with Crippen molar-refractivity contribution in [3.8, 4) is 0 Å². The topological polar surface area (TPSA) is 60.4 Å². The summed E-state index contributed by atoms with van der Waals surface area (Å²) in [6, 6.07) is 5.20. The minimum atomic E-state index is -1.29. The maximum absolute atomic E-state index is 12.1. The number of rotatable bonds is 4. The molecule has 1 atom stereocenters. The summed E-state index contributed by atoms with van der Waals surface area (Å²) >= 11 is 0. The highest BCUT2D eigenvalue weighted by atomic mass is 16.5. The molecule has 18 heavy (non-hydrogen) atoms. The predicted molar refractivity (Wildman–Crippen MR) is 64.6 cm³/mol. The van der Waals surface area contributed by atoms with Crippen LogP contribution in [0.1, 0.15) is 40.1 Å². The SMILES string of the molecule is CC(C)Cc1cccc2c1C(=O)C(OC=O)C2=O. The van der Waals surface area contributed by atoms with Gasteiger partial charge in [0.05, 0.1) is 0 Å². The second-order valence-corrected chi connectivity index (χ2v) is 4.78. The number of ether oxygens (including phenoxy) is 1. The summed E-state index contributed by atoms with van der Waals surface area (Å²) in [4.78, 5) is 34.4. The lowest BCUT2D eigenvalue weighted by molar-refractivity contribution is -0.130. The molecule has 0 spiro atoms. The molecule has 1 unspecified atom stereocenters. The molecule has 0 saturated heterocycles. The Bertz CT molecular complexity index is 517. The Labute approximate surface area is 105 Å². The lowest BCUT2D eigenvalue weighted by Crippen LogP contribution is -2.25. The number of ketones is 2. The summed E-state index contributed by atoms with van der Waals surface area (Å²) in [5.74, 6) is -0.448. The van der Waals surface area contributed by atoms with Gasteiger partial charge in [-0.3, -0.25) is 14.4 Å². The Hall–Kier alpha value is -1.97. The van der Waals surface area contributed by atoms with Gasteiger partial charge >= 0.3 is 0 Å². The van der Waals surface area contributed by atoms with E-state index in [0.29, 0.717) is 17.0 Å². The smallest absolute Gasteiger partial charge is 0.294 e. The minimum absolute atomic E-state index is 0.147. The second-order valence-electron chi connectivity index (χ2n) is 4.78. The molecule has 0 aliphatic heterocycles. The van der Waals surface area contributed by atoms with Crippen LogP contribution in [-0.4, -0.2) is 24.1 Å². The average Bonchev–Trinajstić information content (AvgIpc) is 2.55. The summed E-state index contributed by atoms with van der Waals surface area (Å²) in [6.07, 6.45) is -0.568. The molecule has 0 aromatic heterocycles. The van der Waals surface area contributed by atoms with Crippen molar-refractivity contribution in [1.82, 2.24) is 0 Å². The molecule has 1 aliphatic rings. The molecule has 0 radical (unpaired) electrons. The minimum Gasteiger partial charge on any atom is -0.448 e. The van der Waals surface area contributed by atoms with Crippen LogP contribution in [-0.2, 0) is 16.0 Å². The first kappa shape index (κ1) is 12.5. The fourth-order valence-corrected chi connectivity index (χ4v) is 2.28. The third-order valence-corrected chi connectivity index (χ3v) is 2.96. The molecule has 1 aromatic carbocycles. The zero-order valence-corrected chi connectivity index (χ0v) is 10.3. The highest BCUT2D eigenvalue weighted by molar-refractivity contribution is 6.29. The van der Waals surface area contributed by atoms with E-state index in [2.05, 4.69) is 4.74 Å². The van der Waals surface area contributed by atoms with Crippen LogP contribution in [0.4, 0.5) is 0 Å². The number of fused-ring (bicyclic) bond motifs is 1. The van der Waals surface area contributed by atoms with Gasteiger partial charge in [-0.2, -0.15) is 0 Å². The van der Waals surface area contributed by atoms with Crippen molar-refractivity contribution in [2.75, 3.05) is 0 Å². The van der Waals surface area contributed by atoms with Crippen LogP contribution in [0.3, 0.4) is 0 Å². The van der Waals surface area contributed by atoms with Gasteiger partial charge in [0.1, 0.15) is 0 Å². The molecule has 0 bridgehead atoms. The van der Waals surface area contributed by atoms with Gasteiger partial charge in [0.15, 0.2) is 0 Å². The van der Waals surface area contributed by atoms with Crippen LogP contribution < -0.4 is 0 Å². The van der Waals surface area contributed by atoms with E-state index in [4.69, 9.17) is 0 Å². The quantitative estimate of drug-likeness (QED) is 0.600. The molecular formula is C14H14O4. The van der Waals surface area contributed by atoms with Crippen molar-refractivity contribution in [2.45, 2.75) is 26.4 Å². The van der Waals surface area contributed by atoms with Crippen molar-refractivity contribution in [3.05, 3.63) is 34.9 Å². The van der Waals surface area contributed by atoms with Gasteiger partial charge in [0, 0.05) is 11.1 Å². The molecule has 1 aromatic rings. The first-order chi connectivity index (χ1) is 8.56. The van der Waals surface area contributed by atoms with E-state index in [1.807, 2.05) is 19.9 Å². The molecule has 94 valence electrons. The third kappa shape index (κ3) is 1.94. The monoisotopic (exact) mass is 246 g/mol. The summed E-state index contributed by atoms with van der Waals surface area (Å²) in [5, 5.41) is 0. The number of hydrogen-bond donors (Lipinski definition) is 0. The normalized spacial score (nSPS) is 18.1. The maximum Gasteiger partial charge on any atom is 0.294 e. The molecule has 1 aliphatic carbocycles. The van der Waals surface area contributed by atoms with Crippen molar-refractivity contribution < 1.29 is 19.1 Å². The molecule has 0 saturated carbocycles. The van der Waals surface area contributed by atoms with Gasteiger partial charge in [0.2, 0.25) is 17.7 Å². The van der Waals surface area contributed by atoms with Gasteiger partial charge in [-0.25, -0.2) is 0 Å². The molecule has 0 N–H and O–H groups in total. The van der Waals surface area contributed by atoms with E-state index < -0.39 is 17.7 Å². The molecule has 0 heterocycles. The van der Waals surface area contributed by atoms with Crippen LogP contribution >= 0.6 is 0 Å². The number of carbonyl (C=O) groups is 3. The van der Waals surface area contributed by atoms with Gasteiger partial charge in [-0.15, -0.1) is 0 Å². The van der Waals surface area contributed by atoms with Gasteiger partial charge in [-0.05, 0) is 17.9 Å². The summed E-state index contributed by atoms with van der Waals surface area (Å²) < 4.78 is 4.59. The van der Waals surface area contributed by atoms with Crippen LogP contribution in [0.5, 0.6) is 0 Å². The second kappa shape index (κ2) is 4.72. The summed E-state index contributed by atoms with van der Waals surface area (Å²) in [5.41, 5.74) is 1.63. The van der Waals surface area contributed by atoms with Crippen molar-refractivity contribution >= 4 is 18.0 Å². The van der Waals surface area contributed by atoms with E-state index in [9.17, 15) is 14.4 Å². The Balaban J connectivity index is 2.47. The zero-order chi connectivity index (χ0) is 13.3. The lowest BCUT2D eigenvalue weighted by atomic mass is 9.95. The summed E-state index contributed by atoms with van der Waals surface area (Å²) in [7, 11) is 0. The third-order valence-electron chi connectivity index (χ3n) is 2.96. The molecular weight excluding hydrogens is 232 g/mol. The Morgan fingerprint density at radius 3 is 2.61 bits per heavy atom. The zero-order valence-electron chi connectivity index (χ0n) is 10.3. The van der Waals surface area contributed by atoms with Crippen LogP contribution in [0.2, 0.25) is 0 Å². The first-order valence-electron chi connectivity index (χ1n) is 5.85. The van der Waals surface area contributed by atoms with E-state index >= 15 is 0 Å². The van der Waals surface area contributed by atoms with Gasteiger partial charge < -0.3 is 4.74 Å². The molecule has 0 fully saturated rings. The Morgan fingerprint density at radius 1 is 1.28 bits per heavy atom. The van der Waals surface area contributed by atoms with Gasteiger partial charge in [0.25, 0.3) is 6.47 Å². The number of hydrogen-bond acceptors (Lipinski definition) is 4. The lowest BCUT2D eigenvalue weighted by Gasteiger charge is -2.09. The van der Waals surface area contributed by atoms with E-state index in [1.165, 1.54) is 0 Å². The molecule has 4 nitrogen and oxygen atoms in total. The fourth-order valence-electron chi connectivity index (χ4n) is 2.28. The highest BCUT2D eigenvalue weighted by Gasteiger charge is 2.41. The number of Topliss-reactive ketones (excluding diaryl/α,β-unsaturated/α-hetero) is 2. The standard InChI is InChI=1S/C14H14O4/c1-8(2)6-9-4-3-5-10-11(9)13(17)14(12(10)16)18-7-15/h3-5,7-8,14H,6H2,1-2H3. The van der Waals surface area contributed by atoms with Crippen LogP contribution in [0, 0.1) is 5.92 Å². The largest absolute Gasteiger partial charge is 0.448 e. The van der Waals surface area contributed by atoms with Crippen molar-refractivity contribution in [1.29, 1.82) is 0 Å². The number of benzene rings is 1. The molecule has 2 rings (SSSR count). The Morgan fingerprint density at radius 2 is 2.00 bits per heavy atom. The van der Waals surface area contributed by atoms with Crippen molar-refractivity contribution in [3.63, 3.8) is 0 Å². The van der Waals surface area contributed by atoms with Crippen LogP contribution in [0.25, 0.3) is 0 Å². The molecule has 0 amide bonds.